The number of fused-ring (bicyclic) bond motifs is 2. The van der Waals surface area contributed by atoms with Crippen molar-refractivity contribution in [1.29, 1.82) is 0 Å². The third kappa shape index (κ3) is 1.56. The van der Waals surface area contributed by atoms with Crippen LogP contribution >= 0.6 is 0 Å². The van der Waals surface area contributed by atoms with E-state index in [-0.39, 0.29) is 40.0 Å². The van der Waals surface area contributed by atoms with Crippen molar-refractivity contribution in [2.75, 3.05) is 24.6 Å². The molecule has 0 N–H and O–H groups in total. The number of carbonyl (C=O) groups excluding carboxylic acids is 1. The predicted octanol–water partition coefficient (Wildman–Crippen LogP) is 2.00. The molecule has 7 heteroatoms. The number of hydrogen-bond acceptors (Lipinski definition) is 5. The molecule has 5 aliphatic heterocycles. The summed E-state index contributed by atoms with van der Waals surface area (Å²) in [6, 6.07) is 5.56. The molecule has 3 saturated heterocycles. The van der Waals surface area contributed by atoms with Crippen LogP contribution in [-0.2, 0) is 14.9 Å². The molecule has 6 aliphatic rings. The maximum absolute atomic E-state index is 13.3. The van der Waals surface area contributed by atoms with Crippen LogP contribution in [0.5, 0.6) is 0 Å². The highest BCUT2D eigenvalue weighted by Crippen LogP contribution is 2.65. The van der Waals surface area contributed by atoms with Crippen LogP contribution in [0.1, 0.15) is 24.8 Å². The van der Waals surface area contributed by atoms with E-state index in [0.717, 1.165) is 37.2 Å². The fraction of sp³-hybridized carbons (Fsp3) is 0.571. The molecule has 7 rings (SSSR count). The molecule has 28 heavy (non-hydrogen) atoms. The topological polar surface area (TPSA) is 75.9 Å². The van der Waals surface area contributed by atoms with Gasteiger partial charge in [-0.15, -0.1) is 0 Å². The van der Waals surface area contributed by atoms with Crippen LogP contribution in [0.25, 0.3) is 0 Å². The van der Waals surface area contributed by atoms with E-state index in [2.05, 4.69) is 11.0 Å². The Kier molecular flexibility index (Phi) is 2.70. The first-order chi connectivity index (χ1) is 13.6. The number of anilines is 1. The zero-order valence-electron chi connectivity index (χ0n) is 15.4. The lowest BCUT2D eigenvalue weighted by molar-refractivity contribution is -0.384. The van der Waals surface area contributed by atoms with Crippen LogP contribution in [0.15, 0.2) is 29.8 Å². The van der Waals surface area contributed by atoms with Crippen molar-refractivity contribution in [3.63, 3.8) is 0 Å². The number of piperidine rings is 2. The predicted molar refractivity (Wildman–Crippen MR) is 100 cm³/mol. The van der Waals surface area contributed by atoms with E-state index in [1.807, 2.05) is 11.0 Å². The van der Waals surface area contributed by atoms with Crippen LogP contribution < -0.4 is 4.90 Å². The summed E-state index contributed by atoms with van der Waals surface area (Å²) < 4.78 is 6.20. The summed E-state index contributed by atoms with van der Waals surface area (Å²) in [4.78, 5) is 29.0. The lowest BCUT2D eigenvalue weighted by Crippen LogP contribution is -2.69. The number of hydrogen-bond donors (Lipinski definition) is 0. The fourth-order valence-corrected chi connectivity index (χ4v) is 7.65. The smallest absolute Gasteiger partial charge is 0.269 e. The van der Waals surface area contributed by atoms with E-state index in [1.165, 1.54) is 5.57 Å². The molecule has 1 aromatic carbocycles. The molecule has 1 saturated carbocycles. The Morgan fingerprint density at radius 2 is 2.21 bits per heavy atom. The zero-order chi connectivity index (χ0) is 18.8. The highest BCUT2D eigenvalue weighted by molar-refractivity contribution is 5.99. The van der Waals surface area contributed by atoms with Crippen molar-refractivity contribution in [2.45, 2.75) is 42.9 Å². The summed E-state index contributed by atoms with van der Waals surface area (Å²) in [5, 5.41) is 11.5. The molecule has 1 aliphatic carbocycles. The number of nitro benzene ring substituents is 1. The van der Waals surface area contributed by atoms with Gasteiger partial charge in [0.15, 0.2) is 0 Å². The standard InChI is InChI=1S/C21H21N3O4/c25-18-9-16-19-13-8-17-21(4-5-22(17)10-11(13)3-6-28-16)14-7-12(24(26)27)1-2-15(14)23(18)20(19)21/h1-3,7,13,16-17,19-20H,4-6,8-10H2/t13-,16-,17+,19+,20+,21+/m0/s1. The third-order valence-corrected chi connectivity index (χ3v) is 8.50. The molecule has 6 atom stereocenters. The molecule has 4 fully saturated rings. The molecule has 7 nitrogen and oxygen atoms in total. The van der Waals surface area contributed by atoms with Crippen LogP contribution in [0.2, 0.25) is 0 Å². The lowest BCUT2D eigenvalue weighted by Gasteiger charge is -2.58. The Morgan fingerprint density at radius 1 is 1.32 bits per heavy atom. The molecule has 0 aromatic heterocycles. The monoisotopic (exact) mass is 379 g/mol. The van der Waals surface area contributed by atoms with Gasteiger partial charge in [-0.25, -0.2) is 0 Å². The van der Waals surface area contributed by atoms with Crippen LogP contribution in [0, 0.1) is 22.0 Å². The largest absolute Gasteiger partial charge is 0.373 e. The molecule has 1 aromatic rings. The lowest BCUT2D eigenvalue weighted by atomic mass is 9.53. The molecule has 1 spiro atoms. The number of rotatable bonds is 1. The summed E-state index contributed by atoms with van der Waals surface area (Å²) in [6.07, 6.45) is 4.67. The number of non-ortho nitro benzene ring substituents is 1. The Bertz CT molecular complexity index is 990. The van der Waals surface area contributed by atoms with Crippen molar-refractivity contribution in [3.05, 3.63) is 45.5 Å². The van der Waals surface area contributed by atoms with Gasteiger partial charge in [0.25, 0.3) is 5.69 Å². The average molecular weight is 379 g/mol. The van der Waals surface area contributed by atoms with Crippen molar-refractivity contribution in [3.8, 4) is 0 Å². The summed E-state index contributed by atoms with van der Waals surface area (Å²) in [5.41, 5.74) is 3.35. The molecule has 2 bridgehead atoms. The Hall–Kier alpha value is -2.25. The molecular formula is C21H21N3O4. The molecule has 5 heterocycles. The Labute approximate surface area is 162 Å². The van der Waals surface area contributed by atoms with Crippen LogP contribution in [0.3, 0.4) is 0 Å². The van der Waals surface area contributed by atoms with Crippen molar-refractivity contribution < 1.29 is 14.5 Å². The van der Waals surface area contributed by atoms with Crippen molar-refractivity contribution in [1.82, 2.24) is 4.90 Å². The number of amides is 1. The maximum Gasteiger partial charge on any atom is 0.269 e. The number of nitro groups is 1. The Balaban J connectivity index is 1.52. The van der Waals surface area contributed by atoms with Gasteiger partial charge in [0.2, 0.25) is 5.91 Å². The van der Waals surface area contributed by atoms with Gasteiger partial charge in [-0.3, -0.25) is 19.8 Å². The second kappa shape index (κ2) is 4.83. The average Bonchev–Trinajstić information content (AvgIpc) is 3.15. The van der Waals surface area contributed by atoms with E-state index in [1.54, 1.807) is 12.1 Å². The van der Waals surface area contributed by atoms with Crippen molar-refractivity contribution in [2.24, 2.45) is 11.8 Å². The van der Waals surface area contributed by atoms with Crippen LogP contribution in [0.4, 0.5) is 11.4 Å². The van der Waals surface area contributed by atoms with E-state index in [4.69, 9.17) is 4.74 Å². The highest BCUT2D eigenvalue weighted by atomic mass is 16.6. The van der Waals surface area contributed by atoms with E-state index >= 15 is 0 Å². The second-order valence-corrected chi connectivity index (χ2v) is 9.22. The molecular weight excluding hydrogens is 358 g/mol. The molecule has 144 valence electrons. The van der Waals surface area contributed by atoms with Gasteiger partial charge in [-0.1, -0.05) is 11.6 Å². The number of benzene rings is 1. The summed E-state index contributed by atoms with van der Waals surface area (Å²) >= 11 is 0. The zero-order valence-corrected chi connectivity index (χ0v) is 15.4. The van der Waals surface area contributed by atoms with Gasteiger partial charge in [0, 0.05) is 41.7 Å². The van der Waals surface area contributed by atoms with Gasteiger partial charge in [-0.2, -0.15) is 0 Å². The highest BCUT2D eigenvalue weighted by Gasteiger charge is 2.71. The number of carbonyl (C=O) groups is 1. The van der Waals surface area contributed by atoms with E-state index in [0.29, 0.717) is 25.0 Å². The molecule has 1 amide bonds. The minimum atomic E-state index is -0.312. The summed E-state index contributed by atoms with van der Waals surface area (Å²) in [6.45, 7) is 2.57. The van der Waals surface area contributed by atoms with Crippen LogP contribution in [-0.4, -0.2) is 53.6 Å². The molecule has 0 radical (unpaired) electrons. The van der Waals surface area contributed by atoms with Crippen molar-refractivity contribution >= 4 is 17.3 Å². The SMILES string of the molecule is O=C1C[C@@H]2OCC=C3CN4CC[C@]56c7cc([N+](=O)[O-])ccc7N1[C@@H]5[C@@H]2[C@H]3C[C@@H]46. The van der Waals surface area contributed by atoms with E-state index in [9.17, 15) is 14.9 Å². The van der Waals surface area contributed by atoms with E-state index < -0.39 is 0 Å². The fourth-order valence-electron chi connectivity index (χ4n) is 7.65. The Morgan fingerprint density at radius 3 is 3.07 bits per heavy atom. The second-order valence-electron chi connectivity index (χ2n) is 9.22. The van der Waals surface area contributed by atoms with Gasteiger partial charge in [0.1, 0.15) is 0 Å². The number of nitrogens with zero attached hydrogens (tertiary/aromatic N) is 3. The minimum Gasteiger partial charge on any atom is -0.373 e. The maximum atomic E-state index is 13.3. The summed E-state index contributed by atoms with van der Waals surface area (Å²) in [5.74, 6) is 0.861. The first-order valence-electron chi connectivity index (χ1n) is 10.2. The normalized spacial score (nSPS) is 42.1. The molecule has 0 unspecified atom stereocenters. The minimum absolute atomic E-state index is 0.0400. The first-order valence-corrected chi connectivity index (χ1v) is 10.2. The van der Waals surface area contributed by atoms with Gasteiger partial charge >= 0.3 is 0 Å². The summed E-state index contributed by atoms with van der Waals surface area (Å²) in [7, 11) is 0. The first kappa shape index (κ1) is 15.6. The van der Waals surface area contributed by atoms with Gasteiger partial charge in [-0.05, 0) is 36.9 Å². The quantitative estimate of drug-likeness (QED) is 0.424. The number of ether oxygens (including phenoxy) is 1. The van der Waals surface area contributed by atoms with Gasteiger partial charge in [0.05, 0.1) is 30.1 Å². The third-order valence-electron chi connectivity index (χ3n) is 8.50. The van der Waals surface area contributed by atoms with Gasteiger partial charge < -0.3 is 9.64 Å².